The second-order valence-electron chi connectivity index (χ2n) is 3.92. The van der Waals surface area contributed by atoms with E-state index >= 15 is 0 Å². The van der Waals surface area contributed by atoms with E-state index < -0.39 is 17.5 Å². The third-order valence-electron chi connectivity index (χ3n) is 2.67. The van der Waals surface area contributed by atoms with Crippen LogP contribution in [-0.2, 0) is 0 Å². The van der Waals surface area contributed by atoms with Gasteiger partial charge in [-0.3, -0.25) is 4.79 Å². The van der Waals surface area contributed by atoms with Crippen molar-refractivity contribution in [1.29, 1.82) is 0 Å². The van der Waals surface area contributed by atoms with Crippen LogP contribution in [0, 0.1) is 11.6 Å². The van der Waals surface area contributed by atoms with Gasteiger partial charge < -0.3 is 10.6 Å². The zero-order valence-electron chi connectivity index (χ0n) is 9.03. The number of hydrogen-bond donors (Lipinski definition) is 1. The van der Waals surface area contributed by atoms with Gasteiger partial charge in [-0.15, -0.1) is 12.4 Å². The minimum absolute atomic E-state index is 0. The Morgan fingerprint density at radius 1 is 1.41 bits per heavy atom. The van der Waals surface area contributed by atoms with E-state index in [4.69, 9.17) is 5.73 Å². The average Bonchev–Trinajstić information content (AvgIpc) is 2.67. The van der Waals surface area contributed by atoms with E-state index in [2.05, 4.69) is 0 Å². The molecule has 1 aromatic rings. The Morgan fingerprint density at radius 3 is 2.71 bits per heavy atom. The van der Waals surface area contributed by atoms with Crippen LogP contribution in [0.3, 0.4) is 0 Å². The summed E-state index contributed by atoms with van der Waals surface area (Å²) in [6.45, 7) is 0.894. The Bertz CT molecular complexity index is 428. The molecule has 1 saturated heterocycles. The Morgan fingerprint density at radius 2 is 2.12 bits per heavy atom. The maximum absolute atomic E-state index is 13.3. The summed E-state index contributed by atoms with van der Waals surface area (Å²) in [6.07, 6.45) is 0.697. The number of halogens is 3. The average molecular weight is 263 g/mol. The molecule has 17 heavy (non-hydrogen) atoms. The summed E-state index contributed by atoms with van der Waals surface area (Å²) in [7, 11) is 0. The zero-order valence-corrected chi connectivity index (χ0v) is 9.84. The molecule has 1 aliphatic rings. The predicted molar refractivity (Wildman–Crippen MR) is 62.1 cm³/mol. The Labute approximate surface area is 104 Å². The summed E-state index contributed by atoms with van der Waals surface area (Å²) in [6, 6.07) is 2.79. The molecule has 1 aromatic carbocycles. The Hall–Kier alpha value is -1.20. The first-order chi connectivity index (χ1) is 7.58. The van der Waals surface area contributed by atoms with E-state index in [0.717, 1.165) is 18.2 Å². The topological polar surface area (TPSA) is 46.3 Å². The van der Waals surface area contributed by atoms with Crippen molar-refractivity contribution < 1.29 is 13.6 Å². The fraction of sp³-hybridized carbons (Fsp3) is 0.364. The summed E-state index contributed by atoms with van der Waals surface area (Å²) in [5, 5.41) is 0. The molecule has 0 saturated carbocycles. The molecule has 2 rings (SSSR count). The van der Waals surface area contributed by atoms with Gasteiger partial charge in [0.2, 0.25) is 0 Å². The molecule has 2 N–H and O–H groups in total. The number of rotatable bonds is 1. The molecule has 6 heteroatoms. The normalized spacial score (nSPS) is 19.0. The predicted octanol–water partition coefficient (Wildman–Crippen LogP) is 1.56. The van der Waals surface area contributed by atoms with Crippen molar-refractivity contribution in [3.05, 3.63) is 35.4 Å². The molecule has 1 atom stereocenters. The molecular weight excluding hydrogens is 250 g/mol. The SMILES string of the molecule is Cl.NC1CCN(C(=O)c2cc(F)ccc2F)C1. The Balaban J connectivity index is 0.00000144. The summed E-state index contributed by atoms with van der Waals surface area (Å²) < 4.78 is 26.2. The molecule has 1 heterocycles. The molecule has 1 aliphatic heterocycles. The number of carbonyl (C=O) groups excluding carboxylic acids is 1. The third-order valence-corrected chi connectivity index (χ3v) is 2.67. The molecule has 1 unspecified atom stereocenters. The van der Waals surface area contributed by atoms with Crippen LogP contribution in [0.25, 0.3) is 0 Å². The third kappa shape index (κ3) is 2.92. The van der Waals surface area contributed by atoms with Crippen LogP contribution in [0.1, 0.15) is 16.8 Å². The highest BCUT2D eigenvalue weighted by Crippen LogP contribution is 2.16. The van der Waals surface area contributed by atoms with Crippen molar-refractivity contribution in [3.8, 4) is 0 Å². The first-order valence-electron chi connectivity index (χ1n) is 5.08. The van der Waals surface area contributed by atoms with Crippen molar-refractivity contribution in [2.24, 2.45) is 5.73 Å². The van der Waals surface area contributed by atoms with Gasteiger partial charge in [-0.05, 0) is 24.6 Å². The molecule has 0 spiro atoms. The second-order valence-corrected chi connectivity index (χ2v) is 3.92. The van der Waals surface area contributed by atoms with Crippen LogP contribution in [0.4, 0.5) is 8.78 Å². The number of benzene rings is 1. The molecular formula is C11H13ClF2N2O. The van der Waals surface area contributed by atoms with E-state index in [1.54, 1.807) is 0 Å². The first-order valence-corrected chi connectivity index (χ1v) is 5.08. The van der Waals surface area contributed by atoms with Crippen LogP contribution in [0.2, 0.25) is 0 Å². The van der Waals surface area contributed by atoms with Gasteiger partial charge in [0, 0.05) is 19.1 Å². The monoisotopic (exact) mass is 262 g/mol. The lowest BCUT2D eigenvalue weighted by molar-refractivity contribution is 0.0785. The summed E-state index contributed by atoms with van der Waals surface area (Å²) >= 11 is 0. The maximum Gasteiger partial charge on any atom is 0.256 e. The van der Waals surface area contributed by atoms with E-state index in [1.807, 2.05) is 0 Å². The van der Waals surface area contributed by atoms with Crippen molar-refractivity contribution >= 4 is 18.3 Å². The zero-order chi connectivity index (χ0) is 11.7. The van der Waals surface area contributed by atoms with Gasteiger partial charge in [-0.1, -0.05) is 0 Å². The van der Waals surface area contributed by atoms with Gasteiger partial charge in [0.1, 0.15) is 11.6 Å². The van der Waals surface area contributed by atoms with Gasteiger partial charge in [-0.25, -0.2) is 8.78 Å². The molecule has 0 aromatic heterocycles. The fourth-order valence-corrected chi connectivity index (χ4v) is 1.80. The number of likely N-dealkylation sites (tertiary alicyclic amines) is 1. The van der Waals surface area contributed by atoms with E-state index in [-0.39, 0.29) is 24.0 Å². The van der Waals surface area contributed by atoms with Crippen LogP contribution >= 0.6 is 12.4 Å². The lowest BCUT2D eigenvalue weighted by atomic mass is 10.2. The number of amides is 1. The largest absolute Gasteiger partial charge is 0.337 e. The van der Waals surface area contributed by atoms with E-state index in [0.29, 0.717) is 19.5 Å². The van der Waals surface area contributed by atoms with Gasteiger partial charge >= 0.3 is 0 Å². The summed E-state index contributed by atoms with van der Waals surface area (Å²) in [5.41, 5.74) is 5.42. The smallest absolute Gasteiger partial charge is 0.256 e. The number of nitrogens with two attached hydrogens (primary N) is 1. The molecule has 94 valence electrons. The van der Waals surface area contributed by atoms with Crippen LogP contribution in [0.5, 0.6) is 0 Å². The minimum Gasteiger partial charge on any atom is -0.337 e. The number of carbonyl (C=O) groups is 1. The fourth-order valence-electron chi connectivity index (χ4n) is 1.80. The molecule has 0 bridgehead atoms. The first kappa shape index (κ1) is 13.9. The van der Waals surface area contributed by atoms with Crippen LogP contribution in [0.15, 0.2) is 18.2 Å². The van der Waals surface area contributed by atoms with Crippen LogP contribution < -0.4 is 5.73 Å². The minimum atomic E-state index is -0.702. The van der Waals surface area contributed by atoms with Crippen molar-refractivity contribution in [3.63, 3.8) is 0 Å². The summed E-state index contributed by atoms with van der Waals surface area (Å²) in [4.78, 5) is 13.3. The maximum atomic E-state index is 13.3. The standard InChI is InChI=1S/C11H12F2N2O.ClH/c12-7-1-2-10(13)9(5-7)11(16)15-4-3-8(14)6-15;/h1-2,5,8H,3-4,6,14H2;1H. The molecule has 1 fully saturated rings. The summed E-state index contributed by atoms with van der Waals surface area (Å²) in [5.74, 6) is -1.81. The number of hydrogen-bond acceptors (Lipinski definition) is 2. The van der Waals surface area contributed by atoms with E-state index in [1.165, 1.54) is 4.90 Å². The van der Waals surface area contributed by atoms with Gasteiger partial charge in [-0.2, -0.15) is 0 Å². The van der Waals surface area contributed by atoms with E-state index in [9.17, 15) is 13.6 Å². The van der Waals surface area contributed by atoms with Crippen molar-refractivity contribution in [1.82, 2.24) is 4.90 Å². The molecule has 0 radical (unpaired) electrons. The van der Waals surface area contributed by atoms with Crippen molar-refractivity contribution in [2.75, 3.05) is 13.1 Å². The van der Waals surface area contributed by atoms with Gasteiger partial charge in [0.15, 0.2) is 0 Å². The highest BCUT2D eigenvalue weighted by molar-refractivity contribution is 5.94. The quantitative estimate of drug-likeness (QED) is 0.835. The Kier molecular flexibility index (Phi) is 4.42. The molecule has 0 aliphatic carbocycles. The lowest BCUT2D eigenvalue weighted by Gasteiger charge is -2.16. The molecule has 3 nitrogen and oxygen atoms in total. The molecule has 1 amide bonds. The van der Waals surface area contributed by atoms with Gasteiger partial charge in [0.05, 0.1) is 5.56 Å². The second kappa shape index (κ2) is 5.42. The van der Waals surface area contributed by atoms with Crippen molar-refractivity contribution in [2.45, 2.75) is 12.5 Å². The highest BCUT2D eigenvalue weighted by Gasteiger charge is 2.26. The van der Waals surface area contributed by atoms with Crippen LogP contribution in [-0.4, -0.2) is 29.9 Å². The van der Waals surface area contributed by atoms with Gasteiger partial charge in [0.25, 0.3) is 5.91 Å². The number of nitrogens with zero attached hydrogens (tertiary/aromatic N) is 1. The highest BCUT2D eigenvalue weighted by atomic mass is 35.5. The lowest BCUT2D eigenvalue weighted by Crippen LogP contribution is -2.32.